The van der Waals surface area contributed by atoms with E-state index in [4.69, 9.17) is 5.73 Å². The van der Waals surface area contributed by atoms with Crippen molar-refractivity contribution in [3.8, 4) is 9.88 Å². The monoisotopic (exact) mass is 426 g/mol. The lowest BCUT2D eigenvalue weighted by molar-refractivity contribution is -0.123. The molecule has 29 heavy (non-hydrogen) atoms. The first-order chi connectivity index (χ1) is 14.1. The molecule has 1 aliphatic rings. The van der Waals surface area contributed by atoms with E-state index in [2.05, 4.69) is 21.3 Å². The number of nitrogens with one attached hydrogen (secondary N) is 1. The Morgan fingerprint density at radius 2 is 2.03 bits per heavy atom. The van der Waals surface area contributed by atoms with E-state index in [1.807, 2.05) is 35.7 Å². The molecule has 4 rings (SSSR count). The van der Waals surface area contributed by atoms with Gasteiger partial charge < -0.3 is 11.1 Å². The highest BCUT2D eigenvalue weighted by Crippen LogP contribution is 2.29. The van der Waals surface area contributed by atoms with E-state index in [1.165, 1.54) is 11.3 Å². The van der Waals surface area contributed by atoms with Crippen LogP contribution in [0.3, 0.4) is 0 Å². The number of thiophene rings is 1. The second-order valence-corrected chi connectivity index (χ2v) is 9.09. The fourth-order valence-electron chi connectivity index (χ4n) is 3.47. The zero-order valence-corrected chi connectivity index (χ0v) is 17.5. The largest absolute Gasteiger partial charge is 0.369 e. The Morgan fingerprint density at radius 3 is 2.76 bits per heavy atom. The summed E-state index contributed by atoms with van der Waals surface area (Å²) < 4.78 is 0. The summed E-state index contributed by atoms with van der Waals surface area (Å²) in [6.45, 7) is 2.51. The lowest BCUT2D eigenvalue weighted by Crippen LogP contribution is -2.38. The van der Waals surface area contributed by atoms with Crippen LogP contribution < -0.4 is 11.1 Å². The first-order valence-electron chi connectivity index (χ1n) is 9.50. The van der Waals surface area contributed by atoms with Crippen LogP contribution in [0.1, 0.15) is 28.1 Å². The Morgan fingerprint density at radius 1 is 1.21 bits per heavy atom. The number of likely N-dealkylation sites (tertiary alicyclic amines) is 1. The SMILES string of the molecule is NC(=O)C1CCN(Cc2cccc(NC(=O)c3cnc(-c4cccs4)s3)c2)CC1. The van der Waals surface area contributed by atoms with E-state index >= 15 is 0 Å². The van der Waals surface area contributed by atoms with E-state index in [1.54, 1.807) is 17.5 Å². The number of amides is 2. The van der Waals surface area contributed by atoms with Gasteiger partial charge in [-0.25, -0.2) is 4.98 Å². The Balaban J connectivity index is 1.36. The molecule has 0 aliphatic carbocycles. The molecule has 3 aromatic rings. The number of hydrogen-bond donors (Lipinski definition) is 2. The molecular formula is C21H22N4O2S2. The van der Waals surface area contributed by atoms with Gasteiger partial charge in [0, 0.05) is 18.2 Å². The number of carbonyl (C=O) groups excluding carboxylic acids is 2. The molecule has 1 aromatic carbocycles. The molecule has 1 aliphatic heterocycles. The molecule has 2 aromatic heterocycles. The summed E-state index contributed by atoms with van der Waals surface area (Å²) in [5, 5.41) is 5.83. The van der Waals surface area contributed by atoms with Gasteiger partial charge in [0.25, 0.3) is 5.91 Å². The van der Waals surface area contributed by atoms with E-state index in [-0.39, 0.29) is 17.7 Å². The number of benzene rings is 1. The highest BCUT2D eigenvalue weighted by Gasteiger charge is 2.23. The third kappa shape index (κ3) is 4.90. The van der Waals surface area contributed by atoms with Crippen molar-refractivity contribution in [2.75, 3.05) is 18.4 Å². The van der Waals surface area contributed by atoms with Gasteiger partial charge in [0.05, 0.1) is 11.1 Å². The first-order valence-corrected chi connectivity index (χ1v) is 11.2. The van der Waals surface area contributed by atoms with Crippen molar-refractivity contribution in [3.63, 3.8) is 0 Å². The summed E-state index contributed by atoms with van der Waals surface area (Å²) in [7, 11) is 0. The molecule has 0 atom stereocenters. The number of aromatic nitrogens is 1. The third-order valence-electron chi connectivity index (χ3n) is 5.04. The molecule has 8 heteroatoms. The van der Waals surface area contributed by atoms with Crippen molar-refractivity contribution in [2.24, 2.45) is 11.7 Å². The summed E-state index contributed by atoms with van der Waals surface area (Å²) in [6.07, 6.45) is 3.25. The predicted molar refractivity (Wildman–Crippen MR) is 117 cm³/mol. The molecule has 0 bridgehead atoms. The fourth-order valence-corrected chi connectivity index (χ4v) is 5.08. The van der Waals surface area contributed by atoms with Crippen LogP contribution in [0.2, 0.25) is 0 Å². The minimum absolute atomic E-state index is 0.00431. The maximum Gasteiger partial charge on any atom is 0.267 e. The maximum absolute atomic E-state index is 12.6. The van der Waals surface area contributed by atoms with E-state index in [0.29, 0.717) is 4.88 Å². The summed E-state index contributed by atoms with van der Waals surface area (Å²) >= 11 is 3.01. The molecule has 0 unspecified atom stereocenters. The smallest absolute Gasteiger partial charge is 0.267 e. The summed E-state index contributed by atoms with van der Waals surface area (Å²) in [5.41, 5.74) is 7.31. The van der Waals surface area contributed by atoms with Crippen LogP contribution in [0.5, 0.6) is 0 Å². The van der Waals surface area contributed by atoms with Crippen molar-refractivity contribution in [1.82, 2.24) is 9.88 Å². The van der Waals surface area contributed by atoms with E-state index in [9.17, 15) is 9.59 Å². The number of carbonyl (C=O) groups is 2. The summed E-state index contributed by atoms with van der Waals surface area (Å²) in [5.74, 6) is -0.347. The average Bonchev–Trinajstić information content (AvgIpc) is 3.40. The van der Waals surface area contributed by atoms with Gasteiger partial charge in [-0.2, -0.15) is 0 Å². The molecule has 0 radical (unpaired) electrons. The van der Waals surface area contributed by atoms with Gasteiger partial charge in [-0.3, -0.25) is 14.5 Å². The van der Waals surface area contributed by atoms with Crippen molar-refractivity contribution < 1.29 is 9.59 Å². The molecule has 6 nitrogen and oxygen atoms in total. The number of rotatable bonds is 6. The van der Waals surface area contributed by atoms with Gasteiger partial charge >= 0.3 is 0 Å². The van der Waals surface area contributed by atoms with Crippen LogP contribution in [0.25, 0.3) is 9.88 Å². The zero-order chi connectivity index (χ0) is 20.2. The molecule has 1 saturated heterocycles. The Labute approximate surface area is 177 Å². The Kier molecular flexibility index (Phi) is 6.03. The minimum Gasteiger partial charge on any atom is -0.369 e. The Bertz CT molecular complexity index is 992. The number of thiazole rings is 1. The molecule has 2 amide bonds. The van der Waals surface area contributed by atoms with Crippen LogP contribution in [-0.2, 0) is 11.3 Å². The van der Waals surface area contributed by atoms with Crippen molar-refractivity contribution in [1.29, 1.82) is 0 Å². The van der Waals surface area contributed by atoms with Crippen LogP contribution in [-0.4, -0.2) is 34.8 Å². The predicted octanol–water partition coefficient (Wildman–Crippen LogP) is 3.82. The van der Waals surface area contributed by atoms with E-state index < -0.39 is 0 Å². The van der Waals surface area contributed by atoms with Gasteiger partial charge in [-0.15, -0.1) is 22.7 Å². The third-order valence-corrected chi connectivity index (χ3v) is 7.08. The molecule has 0 spiro atoms. The highest BCUT2D eigenvalue weighted by molar-refractivity contribution is 7.22. The topological polar surface area (TPSA) is 88.3 Å². The molecule has 150 valence electrons. The zero-order valence-electron chi connectivity index (χ0n) is 15.8. The lowest BCUT2D eigenvalue weighted by atomic mass is 9.96. The maximum atomic E-state index is 12.6. The summed E-state index contributed by atoms with van der Waals surface area (Å²) in [6, 6.07) is 11.9. The normalized spacial score (nSPS) is 15.3. The van der Waals surface area contributed by atoms with Crippen molar-refractivity contribution in [2.45, 2.75) is 19.4 Å². The molecule has 1 fully saturated rings. The second-order valence-electron chi connectivity index (χ2n) is 7.11. The van der Waals surface area contributed by atoms with E-state index in [0.717, 1.165) is 53.6 Å². The number of anilines is 1. The van der Waals surface area contributed by atoms with Gasteiger partial charge in [0.1, 0.15) is 9.88 Å². The quantitative estimate of drug-likeness (QED) is 0.627. The fraction of sp³-hybridized carbons (Fsp3) is 0.286. The highest BCUT2D eigenvalue weighted by atomic mass is 32.1. The second kappa shape index (κ2) is 8.86. The Hall–Kier alpha value is -2.55. The van der Waals surface area contributed by atoms with Crippen molar-refractivity contribution >= 4 is 40.2 Å². The lowest BCUT2D eigenvalue weighted by Gasteiger charge is -2.30. The van der Waals surface area contributed by atoms with Crippen LogP contribution in [0.15, 0.2) is 48.0 Å². The molecule has 3 heterocycles. The number of nitrogens with two attached hydrogens (primary N) is 1. The van der Waals surface area contributed by atoms with Crippen LogP contribution in [0.4, 0.5) is 5.69 Å². The number of nitrogens with zero attached hydrogens (tertiary/aromatic N) is 2. The van der Waals surface area contributed by atoms with Gasteiger partial charge in [0.2, 0.25) is 5.91 Å². The van der Waals surface area contributed by atoms with Gasteiger partial charge in [-0.1, -0.05) is 18.2 Å². The van der Waals surface area contributed by atoms with Crippen molar-refractivity contribution in [3.05, 3.63) is 58.4 Å². The van der Waals surface area contributed by atoms with Crippen LogP contribution in [0, 0.1) is 5.92 Å². The number of piperidine rings is 1. The standard InChI is InChI=1S/C21H22N4O2S2/c22-19(26)15-6-8-25(9-7-15)13-14-3-1-4-16(11-14)24-20(27)18-12-23-21(29-18)17-5-2-10-28-17/h1-5,10-12,15H,6-9,13H2,(H2,22,26)(H,24,27). The van der Waals surface area contributed by atoms with Crippen LogP contribution >= 0.6 is 22.7 Å². The molecular weight excluding hydrogens is 404 g/mol. The first kappa shape index (κ1) is 19.8. The average molecular weight is 427 g/mol. The van der Waals surface area contributed by atoms with Gasteiger partial charge in [-0.05, 0) is 55.1 Å². The van der Waals surface area contributed by atoms with Gasteiger partial charge in [0.15, 0.2) is 0 Å². The molecule has 3 N–H and O–H groups in total. The number of primary amides is 1. The minimum atomic E-state index is -0.195. The number of hydrogen-bond acceptors (Lipinski definition) is 6. The summed E-state index contributed by atoms with van der Waals surface area (Å²) in [4.78, 5) is 32.3. The molecule has 0 saturated carbocycles.